The molecule has 0 spiro atoms. The van der Waals surface area contributed by atoms with Gasteiger partial charge in [-0.2, -0.15) is 0 Å². The topological polar surface area (TPSA) is 76.0 Å². The number of hydrogen-bond donors (Lipinski definition) is 2. The second-order valence-corrected chi connectivity index (χ2v) is 4.55. The van der Waals surface area contributed by atoms with Gasteiger partial charge in [-0.25, -0.2) is 0 Å². The van der Waals surface area contributed by atoms with Crippen LogP contribution in [0.5, 0.6) is 23.0 Å². The third-order valence-electron chi connectivity index (χ3n) is 3.06. The summed E-state index contributed by atoms with van der Waals surface area (Å²) in [6, 6.07) is 9.22. The van der Waals surface area contributed by atoms with Gasteiger partial charge in [-0.3, -0.25) is 4.79 Å². The molecular formula is C17H16O5. The summed E-state index contributed by atoms with van der Waals surface area (Å²) in [5, 5.41) is 18.7. The zero-order valence-electron chi connectivity index (χ0n) is 12.2. The Balaban J connectivity index is 2.24. The molecule has 0 aromatic heterocycles. The summed E-state index contributed by atoms with van der Waals surface area (Å²) in [7, 11) is 3.02. The van der Waals surface area contributed by atoms with Crippen LogP contribution >= 0.6 is 0 Å². The van der Waals surface area contributed by atoms with Crippen LogP contribution in [0, 0.1) is 0 Å². The molecule has 0 aliphatic heterocycles. The van der Waals surface area contributed by atoms with Crippen molar-refractivity contribution in [2.24, 2.45) is 0 Å². The highest BCUT2D eigenvalue weighted by Crippen LogP contribution is 2.26. The van der Waals surface area contributed by atoms with E-state index in [1.54, 1.807) is 30.3 Å². The van der Waals surface area contributed by atoms with Gasteiger partial charge in [-0.15, -0.1) is 0 Å². The number of benzene rings is 2. The molecule has 5 nitrogen and oxygen atoms in total. The van der Waals surface area contributed by atoms with Crippen LogP contribution in [0.25, 0.3) is 6.08 Å². The van der Waals surface area contributed by atoms with Crippen LogP contribution in [0.3, 0.4) is 0 Å². The summed E-state index contributed by atoms with van der Waals surface area (Å²) in [6.45, 7) is 0. The number of allylic oxidation sites excluding steroid dienone is 1. The van der Waals surface area contributed by atoms with Crippen molar-refractivity contribution >= 4 is 11.9 Å². The van der Waals surface area contributed by atoms with Gasteiger partial charge >= 0.3 is 0 Å². The SMILES string of the molecule is COc1cc(OC)cc(C(=O)/C=C/c2ccc(O)c(O)c2)c1. The lowest BCUT2D eigenvalue weighted by Crippen LogP contribution is -1.97. The highest BCUT2D eigenvalue weighted by molar-refractivity contribution is 6.07. The van der Waals surface area contributed by atoms with Gasteiger partial charge in [0.1, 0.15) is 11.5 Å². The molecule has 2 aromatic rings. The number of methoxy groups -OCH3 is 2. The summed E-state index contributed by atoms with van der Waals surface area (Å²) >= 11 is 0. The van der Waals surface area contributed by atoms with Crippen LogP contribution in [0.2, 0.25) is 0 Å². The predicted molar refractivity (Wildman–Crippen MR) is 82.7 cm³/mol. The number of phenols is 2. The third kappa shape index (κ3) is 3.58. The van der Waals surface area contributed by atoms with Crippen LogP contribution in [0.15, 0.2) is 42.5 Å². The van der Waals surface area contributed by atoms with E-state index in [0.29, 0.717) is 22.6 Å². The fourth-order valence-electron chi connectivity index (χ4n) is 1.86. The van der Waals surface area contributed by atoms with Crippen molar-refractivity contribution in [1.82, 2.24) is 0 Å². The monoisotopic (exact) mass is 300 g/mol. The van der Waals surface area contributed by atoms with Crippen LogP contribution in [-0.2, 0) is 0 Å². The quantitative estimate of drug-likeness (QED) is 0.504. The molecule has 0 bridgehead atoms. The van der Waals surface area contributed by atoms with Gasteiger partial charge in [-0.1, -0.05) is 12.1 Å². The minimum absolute atomic E-state index is 0.207. The van der Waals surface area contributed by atoms with Crippen LogP contribution < -0.4 is 9.47 Å². The molecule has 0 unspecified atom stereocenters. The smallest absolute Gasteiger partial charge is 0.186 e. The highest BCUT2D eigenvalue weighted by Gasteiger charge is 2.07. The molecule has 0 amide bonds. The van der Waals surface area contributed by atoms with Crippen molar-refractivity contribution in [3.8, 4) is 23.0 Å². The second kappa shape index (κ2) is 6.67. The van der Waals surface area contributed by atoms with Gasteiger partial charge in [0.15, 0.2) is 17.3 Å². The van der Waals surface area contributed by atoms with Crippen molar-refractivity contribution in [3.05, 3.63) is 53.6 Å². The fraction of sp³-hybridized carbons (Fsp3) is 0.118. The van der Waals surface area contributed by atoms with Crippen LogP contribution in [-0.4, -0.2) is 30.2 Å². The van der Waals surface area contributed by atoms with Crippen molar-refractivity contribution in [2.75, 3.05) is 14.2 Å². The Kier molecular flexibility index (Phi) is 4.68. The zero-order valence-corrected chi connectivity index (χ0v) is 12.2. The number of hydrogen-bond acceptors (Lipinski definition) is 5. The first kappa shape index (κ1) is 15.4. The first-order chi connectivity index (χ1) is 10.5. The van der Waals surface area contributed by atoms with Gasteiger partial charge in [0.25, 0.3) is 0 Å². The Hall–Kier alpha value is -2.95. The number of carbonyl (C=O) groups is 1. The molecular weight excluding hydrogens is 284 g/mol. The van der Waals surface area contributed by atoms with E-state index in [1.165, 1.54) is 32.4 Å². The van der Waals surface area contributed by atoms with Crippen LogP contribution in [0.4, 0.5) is 0 Å². The lowest BCUT2D eigenvalue weighted by Gasteiger charge is -2.06. The highest BCUT2D eigenvalue weighted by atomic mass is 16.5. The number of ketones is 1. The molecule has 2 N–H and O–H groups in total. The molecule has 0 aliphatic carbocycles. The summed E-state index contributed by atoms with van der Waals surface area (Å²) in [6.07, 6.45) is 2.92. The lowest BCUT2D eigenvalue weighted by atomic mass is 10.1. The molecule has 2 aromatic carbocycles. The molecule has 0 saturated heterocycles. The maximum atomic E-state index is 12.2. The summed E-state index contributed by atoms with van der Waals surface area (Å²) in [4.78, 5) is 12.2. The largest absolute Gasteiger partial charge is 0.504 e. The molecule has 0 aliphatic rings. The Morgan fingerprint density at radius 1 is 0.955 bits per heavy atom. The minimum atomic E-state index is -0.238. The van der Waals surface area contributed by atoms with E-state index in [2.05, 4.69) is 0 Å². The van der Waals surface area contributed by atoms with Gasteiger partial charge < -0.3 is 19.7 Å². The third-order valence-corrected chi connectivity index (χ3v) is 3.06. The molecule has 0 atom stereocenters. The Morgan fingerprint density at radius 2 is 1.59 bits per heavy atom. The average Bonchev–Trinajstić information content (AvgIpc) is 2.55. The number of aromatic hydroxyl groups is 2. The molecule has 114 valence electrons. The van der Waals surface area contributed by atoms with Crippen molar-refractivity contribution in [2.45, 2.75) is 0 Å². The number of ether oxygens (including phenoxy) is 2. The van der Waals surface area contributed by atoms with E-state index < -0.39 is 0 Å². The van der Waals surface area contributed by atoms with Gasteiger partial charge in [0.05, 0.1) is 14.2 Å². The maximum absolute atomic E-state index is 12.2. The molecule has 5 heteroatoms. The minimum Gasteiger partial charge on any atom is -0.504 e. The first-order valence-electron chi connectivity index (χ1n) is 6.51. The zero-order chi connectivity index (χ0) is 16.1. The van der Waals surface area contributed by atoms with Gasteiger partial charge in [-0.05, 0) is 35.9 Å². The molecule has 2 rings (SSSR count). The Morgan fingerprint density at radius 3 is 2.14 bits per heavy atom. The van der Waals surface area contributed by atoms with Gasteiger partial charge in [0, 0.05) is 11.6 Å². The summed E-state index contributed by atoms with van der Waals surface area (Å²) in [5.74, 6) is 0.375. The molecule has 22 heavy (non-hydrogen) atoms. The fourth-order valence-corrected chi connectivity index (χ4v) is 1.86. The Labute approximate surface area is 128 Å². The van der Waals surface area contributed by atoms with E-state index in [1.807, 2.05) is 0 Å². The maximum Gasteiger partial charge on any atom is 0.186 e. The van der Waals surface area contributed by atoms with Crippen molar-refractivity contribution < 1.29 is 24.5 Å². The van der Waals surface area contributed by atoms with E-state index in [9.17, 15) is 15.0 Å². The standard InChI is InChI=1S/C17H16O5/c1-21-13-8-12(9-14(10-13)22-2)15(18)5-3-11-4-6-16(19)17(20)7-11/h3-10,19-20H,1-2H3/b5-3+. The van der Waals surface area contributed by atoms with Gasteiger partial charge in [0.2, 0.25) is 0 Å². The molecule has 0 saturated carbocycles. The van der Waals surface area contributed by atoms with E-state index in [-0.39, 0.29) is 17.3 Å². The average molecular weight is 300 g/mol. The lowest BCUT2D eigenvalue weighted by molar-refractivity contribution is 0.104. The van der Waals surface area contributed by atoms with Crippen LogP contribution in [0.1, 0.15) is 15.9 Å². The number of phenolic OH excluding ortho intramolecular Hbond substituents is 2. The molecule has 0 radical (unpaired) electrons. The number of rotatable bonds is 5. The predicted octanol–water partition coefficient (Wildman–Crippen LogP) is 3.01. The Bertz CT molecular complexity index is 697. The van der Waals surface area contributed by atoms with E-state index in [0.717, 1.165) is 0 Å². The normalized spacial score (nSPS) is 10.6. The van der Waals surface area contributed by atoms with Crippen molar-refractivity contribution in [1.29, 1.82) is 0 Å². The first-order valence-corrected chi connectivity index (χ1v) is 6.51. The molecule has 0 fully saturated rings. The summed E-state index contributed by atoms with van der Waals surface area (Å²) in [5.41, 5.74) is 1.02. The van der Waals surface area contributed by atoms with E-state index >= 15 is 0 Å². The van der Waals surface area contributed by atoms with Crippen molar-refractivity contribution in [3.63, 3.8) is 0 Å². The number of carbonyl (C=O) groups excluding carboxylic acids is 1. The van der Waals surface area contributed by atoms with E-state index in [4.69, 9.17) is 9.47 Å². The second-order valence-electron chi connectivity index (χ2n) is 4.55. The summed E-state index contributed by atoms with van der Waals surface area (Å²) < 4.78 is 10.2. The molecule has 0 heterocycles.